The van der Waals surface area contributed by atoms with E-state index in [2.05, 4.69) is 10.3 Å². The number of hydrogen-bond acceptors (Lipinski definition) is 3. The molecule has 0 saturated heterocycles. The summed E-state index contributed by atoms with van der Waals surface area (Å²) in [5.74, 6) is -1.29. The number of carboxylic acid groups (broad SMARTS) is 1. The van der Waals surface area contributed by atoms with Gasteiger partial charge in [-0.3, -0.25) is 4.79 Å². The summed E-state index contributed by atoms with van der Waals surface area (Å²) in [6.07, 6.45) is 5.54. The Morgan fingerprint density at radius 1 is 1.29 bits per heavy atom. The van der Waals surface area contributed by atoms with Crippen LogP contribution in [0.5, 0.6) is 0 Å². The van der Waals surface area contributed by atoms with Gasteiger partial charge in [-0.15, -0.1) is 0 Å². The van der Waals surface area contributed by atoms with Crippen molar-refractivity contribution in [3.05, 3.63) is 54.1 Å². The summed E-state index contributed by atoms with van der Waals surface area (Å²) in [6, 6.07) is 9.06. The molecule has 2 aromatic rings. The first-order valence-electron chi connectivity index (χ1n) is 8.15. The molecule has 1 amide bonds. The lowest BCUT2D eigenvalue weighted by Crippen LogP contribution is -2.41. The standard InChI is InChI=1S/C18H23N3O3/c1-2-3-9-16(18(23)24)20-17(22)10-15-11-19-13-21(15)12-14-7-5-4-6-8-14/h4-8,11,13,16H,2-3,9-10,12H2,1H3,(H,20,22)(H,23,24)/t16-/m0/s1. The van der Waals surface area contributed by atoms with E-state index in [0.29, 0.717) is 13.0 Å². The fourth-order valence-electron chi connectivity index (χ4n) is 2.49. The number of aliphatic carboxylic acids is 1. The van der Waals surface area contributed by atoms with E-state index in [1.807, 2.05) is 41.8 Å². The second kappa shape index (κ2) is 8.86. The molecule has 0 fully saturated rings. The number of imidazole rings is 1. The Morgan fingerprint density at radius 2 is 2.04 bits per heavy atom. The summed E-state index contributed by atoms with van der Waals surface area (Å²) in [5, 5.41) is 11.8. The molecule has 0 unspecified atom stereocenters. The van der Waals surface area contributed by atoms with Crippen LogP contribution in [0, 0.1) is 0 Å². The molecule has 6 heteroatoms. The predicted octanol–water partition coefficient (Wildman–Crippen LogP) is 2.23. The molecule has 0 aliphatic heterocycles. The van der Waals surface area contributed by atoms with Crippen LogP contribution in [-0.2, 0) is 22.6 Å². The summed E-state index contributed by atoms with van der Waals surface area (Å²) >= 11 is 0. The third-order valence-electron chi connectivity index (χ3n) is 3.82. The maximum absolute atomic E-state index is 12.2. The summed E-state index contributed by atoms with van der Waals surface area (Å²) in [4.78, 5) is 27.5. The average molecular weight is 329 g/mol. The molecule has 1 aromatic carbocycles. The number of carbonyl (C=O) groups excluding carboxylic acids is 1. The predicted molar refractivity (Wildman–Crippen MR) is 90.6 cm³/mol. The Bertz CT molecular complexity index is 667. The van der Waals surface area contributed by atoms with Crippen molar-refractivity contribution in [2.24, 2.45) is 0 Å². The monoisotopic (exact) mass is 329 g/mol. The lowest BCUT2D eigenvalue weighted by molar-refractivity contribution is -0.142. The van der Waals surface area contributed by atoms with Gasteiger partial charge in [0.15, 0.2) is 0 Å². The van der Waals surface area contributed by atoms with Gasteiger partial charge in [0.05, 0.1) is 12.7 Å². The van der Waals surface area contributed by atoms with E-state index in [4.69, 9.17) is 0 Å². The molecule has 0 aliphatic rings. The van der Waals surface area contributed by atoms with Gasteiger partial charge in [0.25, 0.3) is 0 Å². The molecule has 6 nitrogen and oxygen atoms in total. The number of rotatable bonds is 9. The molecule has 24 heavy (non-hydrogen) atoms. The molecular formula is C18H23N3O3. The third kappa shape index (κ3) is 5.22. The number of unbranched alkanes of at least 4 members (excludes halogenated alkanes) is 1. The van der Waals surface area contributed by atoms with Gasteiger partial charge in [0.1, 0.15) is 6.04 Å². The van der Waals surface area contributed by atoms with Crippen molar-refractivity contribution < 1.29 is 14.7 Å². The quantitative estimate of drug-likeness (QED) is 0.739. The van der Waals surface area contributed by atoms with Gasteiger partial charge >= 0.3 is 5.97 Å². The van der Waals surface area contributed by atoms with Gasteiger partial charge in [0, 0.05) is 18.4 Å². The van der Waals surface area contributed by atoms with Gasteiger partial charge in [-0.2, -0.15) is 0 Å². The molecular weight excluding hydrogens is 306 g/mol. The van der Waals surface area contributed by atoms with Crippen molar-refractivity contribution in [2.45, 2.75) is 45.2 Å². The lowest BCUT2D eigenvalue weighted by atomic mass is 10.1. The number of nitrogens with one attached hydrogen (secondary N) is 1. The lowest BCUT2D eigenvalue weighted by Gasteiger charge is -2.14. The Kier molecular flexibility index (Phi) is 6.54. The fraction of sp³-hybridized carbons (Fsp3) is 0.389. The molecule has 0 bridgehead atoms. The van der Waals surface area contributed by atoms with Gasteiger partial charge in [-0.05, 0) is 12.0 Å². The van der Waals surface area contributed by atoms with Crippen LogP contribution >= 0.6 is 0 Å². The van der Waals surface area contributed by atoms with E-state index >= 15 is 0 Å². The first kappa shape index (κ1) is 17.7. The van der Waals surface area contributed by atoms with Gasteiger partial charge in [-0.1, -0.05) is 50.1 Å². The van der Waals surface area contributed by atoms with Gasteiger partial charge in [0.2, 0.25) is 5.91 Å². The average Bonchev–Trinajstić information content (AvgIpc) is 2.99. The van der Waals surface area contributed by atoms with Crippen LogP contribution in [0.4, 0.5) is 0 Å². The van der Waals surface area contributed by atoms with E-state index in [-0.39, 0.29) is 12.3 Å². The smallest absolute Gasteiger partial charge is 0.326 e. The number of hydrogen-bond donors (Lipinski definition) is 2. The minimum Gasteiger partial charge on any atom is -0.480 e. The van der Waals surface area contributed by atoms with E-state index in [1.165, 1.54) is 0 Å². The molecule has 0 radical (unpaired) electrons. The molecule has 128 valence electrons. The highest BCUT2D eigenvalue weighted by Crippen LogP contribution is 2.08. The Balaban J connectivity index is 1.97. The SMILES string of the molecule is CCCC[C@H](NC(=O)Cc1cncn1Cc1ccccc1)C(=O)O. The van der Waals surface area contributed by atoms with Crippen LogP contribution in [0.3, 0.4) is 0 Å². The van der Waals surface area contributed by atoms with Crippen LogP contribution in [-0.4, -0.2) is 32.6 Å². The largest absolute Gasteiger partial charge is 0.480 e. The van der Waals surface area contributed by atoms with Crippen molar-refractivity contribution in [3.8, 4) is 0 Å². The molecule has 0 aliphatic carbocycles. The van der Waals surface area contributed by atoms with E-state index in [1.54, 1.807) is 12.5 Å². The van der Waals surface area contributed by atoms with Crippen LogP contribution in [0.25, 0.3) is 0 Å². The first-order chi connectivity index (χ1) is 11.6. The highest BCUT2D eigenvalue weighted by Gasteiger charge is 2.20. The van der Waals surface area contributed by atoms with Crippen LogP contribution in [0.15, 0.2) is 42.9 Å². The summed E-state index contributed by atoms with van der Waals surface area (Å²) in [7, 11) is 0. The highest BCUT2D eigenvalue weighted by molar-refractivity contribution is 5.84. The van der Waals surface area contributed by atoms with E-state index < -0.39 is 12.0 Å². The second-order valence-electron chi connectivity index (χ2n) is 5.78. The van der Waals surface area contributed by atoms with Crippen molar-refractivity contribution in [2.75, 3.05) is 0 Å². The maximum Gasteiger partial charge on any atom is 0.326 e. The summed E-state index contributed by atoms with van der Waals surface area (Å²) in [5.41, 5.74) is 1.87. The first-order valence-corrected chi connectivity index (χ1v) is 8.15. The van der Waals surface area contributed by atoms with Crippen molar-refractivity contribution >= 4 is 11.9 Å². The highest BCUT2D eigenvalue weighted by atomic mass is 16.4. The number of carboxylic acids is 1. The van der Waals surface area contributed by atoms with Crippen molar-refractivity contribution in [1.82, 2.24) is 14.9 Å². The fourth-order valence-corrected chi connectivity index (χ4v) is 2.49. The summed E-state index contributed by atoms with van der Waals surface area (Å²) < 4.78 is 1.90. The second-order valence-corrected chi connectivity index (χ2v) is 5.78. The minimum absolute atomic E-state index is 0.114. The van der Waals surface area contributed by atoms with Crippen LogP contribution < -0.4 is 5.32 Å². The molecule has 1 heterocycles. The summed E-state index contributed by atoms with van der Waals surface area (Å²) in [6.45, 7) is 2.62. The number of carbonyl (C=O) groups is 2. The zero-order valence-corrected chi connectivity index (χ0v) is 13.8. The number of aromatic nitrogens is 2. The molecule has 0 spiro atoms. The number of benzene rings is 1. The molecule has 2 rings (SSSR count). The zero-order valence-electron chi connectivity index (χ0n) is 13.8. The van der Waals surface area contributed by atoms with Crippen molar-refractivity contribution in [3.63, 3.8) is 0 Å². The van der Waals surface area contributed by atoms with Crippen LogP contribution in [0.1, 0.15) is 37.4 Å². The molecule has 0 saturated carbocycles. The number of amides is 1. The maximum atomic E-state index is 12.2. The van der Waals surface area contributed by atoms with Gasteiger partial charge in [-0.25, -0.2) is 9.78 Å². The normalized spacial score (nSPS) is 11.9. The minimum atomic E-state index is -0.991. The van der Waals surface area contributed by atoms with E-state index in [9.17, 15) is 14.7 Å². The Labute approximate surface area is 141 Å². The van der Waals surface area contributed by atoms with Crippen LogP contribution in [0.2, 0.25) is 0 Å². The number of nitrogens with zero attached hydrogens (tertiary/aromatic N) is 2. The topological polar surface area (TPSA) is 84.2 Å². The Hall–Kier alpha value is -2.63. The molecule has 1 aromatic heterocycles. The molecule has 1 atom stereocenters. The van der Waals surface area contributed by atoms with Gasteiger partial charge < -0.3 is 15.0 Å². The van der Waals surface area contributed by atoms with E-state index in [0.717, 1.165) is 24.1 Å². The zero-order chi connectivity index (χ0) is 17.4. The molecule has 2 N–H and O–H groups in total. The van der Waals surface area contributed by atoms with Crippen molar-refractivity contribution in [1.29, 1.82) is 0 Å². The third-order valence-corrected chi connectivity index (χ3v) is 3.82. The Morgan fingerprint density at radius 3 is 2.71 bits per heavy atom.